The summed E-state index contributed by atoms with van der Waals surface area (Å²) >= 11 is 0. The predicted octanol–water partition coefficient (Wildman–Crippen LogP) is 1.38. The van der Waals surface area contributed by atoms with Gasteiger partial charge >= 0.3 is 0 Å². The molecule has 0 bridgehead atoms. The lowest BCUT2D eigenvalue weighted by atomic mass is 10.2. The Labute approximate surface area is 149 Å². The number of hydrogen-bond donors (Lipinski definition) is 2. The molecule has 1 heterocycles. The molecule has 1 aliphatic rings. The smallest absolute Gasteiger partial charge is 0.191 e. The van der Waals surface area contributed by atoms with Gasteiger partial charge in [0.05, 0.1) is 19.8 Å². The van der Waals surface area contributed by atoms with Crippen LogP contribution in [0, 0.1) is 0 Å². The van der Waals surface area contributed by atoms with Crippen LogP contribution in [0.3, 0.4) is 0 Å². The van der Waals surface area contributed by atoms with Crippen LogP contribution >= 0.6 is 0 Å². The van der Waals surface area contributed by atoms with Crippen LogP contribution in [0.2, 0.25) is 0 Å². The second-order valence-electron chi connectivity index (χ2n) is 7.07. The van der Waals surface area contributed by atoms with Crippen LogP contribution in [0.5, 0.6) is 0 Å². The largest absolute Gasteiger partial charge is 0.379 e. The van der Waals surface area contributed by atoms with Crippen molar-refractivity contribution in [1.82, 2.24) is 20.4 Å². The summed E-state index contributed by atoms with van der Waals surface area (Å²) in [6.07, 6.45) is 0. The highest BCUT2D eigenvalue weighted by Crippen LogP contribution is 2.04. The summed E-state index contributed by atoms with van der Waals surface area (Å²) in [5.74, 6) is 0.921. The second-order valence-corrected chi connectivity index (χ2v) is 7.07. The highest BCUT2D eigenvalue weighted by molar-refractivity contribution is 5.79. The molecule has 6 nitrogen and oxygen atoms in total. The zero-order valence-electron chi connectivity index (χ0n) is 16.6. The molecule has 1 atom stereocenters. The quantitative estimate of drug-likeness (QED) is 0.490. The molecular weight excluding hydrogens is 302 g/mol. The molecule has 0 aromatic rings. The minimum Gasteiger partial charge on any atom is -0.379 e. The van der Waals surface area contributed by atoms with Crippen molar-refractivity contribution in [1.29, 1.82) is 0 Å². The van der Waals surface area contributed by atoms with Crippen LogP contribution in [0.25, 0.3) is 0 Å². The third-order valence-corrected chi connectivity index (χ3v) is 4.52. The Balaban J connectivity index is 2.43. The van der Waals surface area contributed by atoms with Crippen molar-refractivity contribution in [2.24, 2.45) is 4.99 Å². The van der Waals surface area contributed by atoms with E-state index < -0.39 is 0 Å². The lowest BCUT2D eigenvalue weighted by Crippen LogP contribution is -2.46. The summed E-state index contributed by atoms with van der Waals surface area (Å²) < 4.78 is 5.42. The average Bonchev–Trinajstić information content (AvgIpc) is 2.56. The fourth-order valence-electron chi connectivity index (χ4n) is 3.11. The maximum Gasteiger partial charge on any atom is 0.191 e. The van der Waals surface area contributed by atoms with E-state index in [-0.39, 0.29) is 0 Å². The number of aliphatic imine (C=N–C) groups is 1. The van der Waals surface area contributed by atoms with E-state index in [2.05, 4.69) is 62.0 Å². The van der Waals surface area contributed by atoms with Crippen molar-refractivity contribution in [2.45, 2.75) is 59.7 Å². The molecule has 0 saturated carbocycles. The second kappa shape index (κ2) is 11.7. The van der Waals surface area contributed by atoms with Crippen LogP contribution < -0.4 is 10.6 Å². The van der Waals surface area contributed by atoms with Gasteiger partial charge in [-0.3, -0.25) is 14.8 Å². The summed E-state index contributed by atoms with van der Waals surface area (Å²) in [6, 6.07) is 1.58. The molecule has 6 heteroatoms. The average molecular weight is 342 g/mol. The van der Waals surface area contributed by atoms with Gasteiger partial charge in [-0.2, -0.15) is 0 Å². The standard InChI is InChI=1S/C18H39N5O/c1-7-19-18(20-8-9-23(15(2)3)16(4)5)21-14-17(6)22-10-12-24-13-11-22/h15-17H,7-14H2,1-6H3,(H2,19,20,21). The van der Waals surface area contributed by atoms with E-state index in [0.29, 0.717) is 18.1 Å². The van der Waals surface area contributed by atoms with E-state index in [4.69, 9.17) is 9.73 Å². The maximum absolute atomic E-state index is 5.42. The minimum absolute atomic E-state index is 0.451. The van der Waals surface area contributed by atoms with Gasteiger partial charge in [-0.15, -0.1) is 0 Å². The topological polar surface area (TPSA) is 52.1 Å². The first-order chi connectivity index (χ1) is 11.5. The molecular formula is C18H39N5O. The summed E-state index contributed by atoms with van der Waals surface area (Å²) in [4.78, 5) is 9.72. The molecule has 24 heavy (non-hydrogen) atoms. The van der Waals surface area contributed by atoms with Gasteiger partial charge in [0, 0.05) is 50.8 Å². The first kappa shape index (κ1) is 21.2. The molecule has 0 aromatic carbocycles. The molecule has 1 unspecified atom stereocenters. The molecule has 0 radical (unpaired) electrons. The summed E-state index contributed by atoms with van der Waals surface area (Å²) in [5.41, 5.74) is 0. The summed E-state index contributed by atoms with van der Waals surface area (Å²) in [6.45, 7) is 20.7. The maximum atomic E-state index is 5.42. The van der Waals surface area contributed by atoms with Crippen molar-refractivity contribution < 1.29 is 4.74 Å². The van der Waals surface area contributed by atoms with Crippen LogP contribution in [-0.4, -0.2) is 86.4 Å². The monoisotopic (exact) mass is 341 g/mol. The van der Waals surface area contributed by atoms with Gasteiger partial charge in [-0.05, 0) is 41.5 Å². The van der Waals surface area contributed by atoms with Crippen LogP contribution in [0.4, 0.5) is 0 Å². The van der Waals surface area contributed by atoms with Crippen LogP contribution in [0.1, 0.15) is 41.5 Å². The van der Waals surface area contributed by atoms with Gasteiger partial charge in [0.1, 0.15) is 0 Å². The number of rotatable bonds is 9. The lowest BCUT2D eigenvalue weighted by Gasteiger charge is -2.32. The Morgan fingerprint density at radius 1 is 1.08 bits per heavy atom. The van der Waals surface area contributed by atoms with Crippen molar-refractivity contribution in [2.75, 3.05) is 52.5 Å². The van der Waals surface area contributed by atoms with E-state index in [9.17, 15) is 0 Å². The molecule has 1 saturated heterocycles. The molecule has 1 fully saturated rings. The van der Waals surface area contributed by atoms with E-state index in [0.717, 1.165) is 58.4 Å². The lowest BCUT2D eigenvalue weighted by molar-refractivity contribution is 0.0220. The van der Waals surface area contributed by atoms with Gasteiger partial charge in [0.25, 0.3) is 0 Å². The Bertz CT molecular complexity index is 345. The minimum atomic E-state index is 0.451. The molecule has 0 aliphatic carbocycles. The van der Waals surface area contributed by atoms with Crippen LogP contribution in [0.15, 0.2) is 4.99 Å². The molecule has 1 rings (SSSR count). The number of morpholine rings is 1. The first-order valence-corrected chi connectivity index (χ1v) is 9.55. The number of nitrogens with one attached hydrogen (secondary N) is 2. The van der Waals surface area contributed by atoms with Gasteiger partial charge in [-0.1, -0.05) is 0 Å². The van der Waals surface area contributed by atoms with Crippen molar-refractivity contribution in [3.05, 3.63) is 0 Å². The van der Waals surface area contributed by atoms with E-state index in [1.807, 2.05) is 0 Å². The highest BCUT2D eigenvalue weighted by atomic mass is 16.5. The third kappa shape index (κ3) is 7.81. The van der Waals surface area contributed by atoms with Crippen molar-refractivity contribution in [3.8, 4) is 0 Å². The number of guanidine groups is 1. The van der Waals surface area contributed by atoms with Gasteiger partial charge in [0.15, 0.2) is 5.96 Å². The summed E-state index contributed by atoms with van der Waals surface area (Å²) in [7, 11) is 0. The van der Waals surface area contributed by atoms with E-state index >= 15 is 0 Å². The Hall–Kier alpha value is -0.850. The Kier molecular flexibility index (Phi) is 10.3. The van der Waals surface area contributed by atoms with Crippen molar-refractivity contribution in [3.63, 3.8) is 0 Å². The van der Waals surface area contributed by atoms with Crippen molar-refractivity contribution >= 4 is 5.96 Å². The normalized spacial score (nSPS) is 18.5. The predicted molar refractivity (Wildman–Crippen MR) is 103 cm³/mol. The molecule has 0 spiro atoms. The van der Waals surface area contributed by atoms with E-state index in [1.54, 1.807) is 0 Å². The molecule has 0 aromatic heterocycles. The Morgan fingerprint density at radius 3 is 2.25 bits per heavy atom. The number of hydrogen-bond acceptors (Lipinski definition) is 4. The molecule has 142 valence electrons. The van der Waals surface area contributed by atoms with Crippen LogP contribution in [-0.2, 0) is 4.74 Å². The third-order valence-electron chi connectivity index (χ3n) is 4.52. The SMILES string of the molecule is CCNC(=NCC(C)N1CCOCC1)NCCN(C(C)C)C(C)C. The van der Waals surface area contributed by atoms with Gasteiger partial charge in [-0.25, -0.2) is 0 Å². The molecule has 1 aliphatic heterocycles. The summed E-state index contributed by atoms with van der Waals surface area (Å²) in [5, 5.41) is 6.82. The first-order valence-electron chi connectivity index (χ1n) is 9.55. The van der Waals surface area contributed by atoms with E-state index in [1.165, 1.54) is 0 Å². The fraction of sp³-hybridized carbons (Fsp3) is 0.944. The van der Waals surface area contributed by atoms with Gasteiger partial charge < -0.3 is 15.4 Å². The molecule has 2 N–H and O–H groups in total. The molecule has 0 amide bonds. The zero-order chi connectivity index (χ0) is 17.9. The van der Waals surface area contributed by atoms with Gasteiger partial charge in [0.2, 0.25) is 0 Å². The Morgan fingerprint density at radius 2 is 1.71 bits per heavy atom. The number of nitrogens with zero attached hydrogens (tertiary/aromatic N) is 3. The number of ether oxygens (including phenoxy) is 1. The highest BCUT2D eigenvalue weighted by Gasteiger charge is 2.17. The zero-order valence-corrected chi connectivity index (χ0v) is 16.6. The fourth-order valence-corrected chi connectivity index (χ4v) is 3.11.